The van der Waals surface area contributed by atoms with Crippen LogP contribution in [0, 0.1) is 0 Å². The largest absolute Gasteiger partial charge is 0.378 e. The molecule has 8 heteroatoms. The van der Waals surface area contributed by atoms with Gasteiger partial charge in [-0.2, -0.15) is 10.2 Å². The minimum atomic E-state index is -0.286. The Hall–Kier alpha value is -2.02. The average Bonchev–Trinajstić information content (AvgIpc) is 2.95. The van der Waals surface area contributed by atoms with E-state index in [1.807, 2.05) is 19.4 Å². The highest BCUT2D eigenvalue weighted by atomic mass is 35.5. The Morgan fingerprint density at radius 2 is 2.14 bits per heavy atom. The lowest BCUT2D eigenvalue weighted by molar-refractivity contribution is 0.529. The fourth-order valence-electron chi connectivity index (χ4n) is 2.73. The molecule has 1 aliphatic rings. The zero-order valence-electron chi connectivity index (χ0n) is 12.7. The number of hydrogen-bond donors (Lipinski definition) is 1. The quantitative estimate of drug-likeness (QED) is 0.921. The summed E-state index contributed by atoms with van der Waals surface area (Å²) in [6.45, 7) is 1.85. The van der Waals surface area contributed by atoms with Crippen molar-refractivity contribution in [2.45, 2.75) is 18.9 Å². The van der Waals surface area contributed by atoms with Crippen LogP contribution in [0.15, 0.2) is 23.4 Å². The second-order valence-electron chi connectivity index (χ2n) is 5.60. The smallest absolute Gasteiger partial charge is 0.287 e. The van der Waals surface area contributed by atoms with E-state index in [-0.39, 0.29) is 16.6 Å². The van der Waals surface area contributed by atoms with Gasteiger partial charge in [0.15, 0.2) is 0 Å². The van der Waals surface area contributed by atoms with Gasteiger partial charge in [-0.25, -0.2) is 4.68 Å². The first-order valence-electron chi connectivity index (χ1n) is 7.26. The zero-order valence-corrected chi connectivity index (χ0v) is 13.4. The van der Waals surface area contributed by atoms with E-state index in [2.05, 4.69) is 20.4 Å². The van der Waals surface area contributed by atoms with Crippen molar-refractivity contribution in [3.8, 4) is 0 Å². The Labute approximate surface area is 133 Å². The van der Waals surface area contributed by atoms with Crippen molar-refractivity contribution >= 4 is 23.0 Å². The van der Waals surface area contributed by atoms with Gasteiger partial charge in [0.1, 0.15) is 5.02 Å². The fourth-order valence-corrected chi connectivity index (χ4v) is 2.96. The molecule has 3 rings (SSSR count). The SMILES string of the molecule is Cn1cc(N2CCCC(Nc3cnn(C)c(=O)c3Cl)C2)cn1. The number of rotatable bonds is 3. The lowest BCUT2D eigenvalue weighted by Crippen LogP contribution is -2.42. The van der Waals surface area contributed by atoms with Gasteiger partial charge in [0, 0.05) is 39.4 Å². The average molecular weight is 323 g/mol. The van der Waals surface area contributed by atoms with Gasteiger partial charge in [-0.15, -0.1) is 0 Å². The summed E-state index contributed by atoms with van der Waals surface area (Å²) in [7, 11) is 3.50. The number of anilines is 2. The maximum atomic E-state index is 11.8. The van der Waals surface area contributed by atoms with E-state index in [1.165, 1.54) is 4.68 Å². The number of aromatic nitrogens is 4. The first kappa shape index (κ1) is 14.9. The highest BCUT2D eigenvalue weighted by molar-refractivity contribution is 6.32. The normalized spacial score (nSPS) is 18.5. The summed E-state index contributed by atoms with van der Waals surface area (Å²) in [4.78, 5) is 14.1. The zero-order chi connectivity index (χ0) is 15.7. The van der Waals surface area contributed by atoms with Crippen LogP contribution < -0.4 is 15.8 Å². The van der Waals surface area contributed by atoms with Gasteiger partial charge in [-0.05, 0) is 12.8 Å². The van der Waals surface area contributed by atoms with E-state index in [4.69, 9.17) is 11.6 Å². The van der Waals surface area contributed by atoms with Crippen LogP contribution >= 0.6 is 11.6 Å². The third kappa shape index (κ3) is 2.94. The number of aryl methyl sites for hydroxylation is 2. The maximum absolute atomic E-state index is 11.8. The van der Waals surface area contributed by atoms with E-state index in [1.54, 1.807) is 17.9 Å². The summed E-state index contributed by atoms with van der Waals surface area (Å²) in [5.74, 6) is 0. The van der Waals surface area contributed by atoms with Gasteiger partial charge in [0.05, 0.1) is 23.8 Å². The van der Waals surface area contributed by atoms with Gasteiger partial charge in [-0.1, -0.05) is 11.6 Å². The summed E-state index contributed by atoms with van der Waals surface area (Å²) < 4.78 is 3.03. The molecule has 0 radical (unpaired) electrons. The summed E-state index contributed by atoms with van der Waals surface area (Å²) in [6, 6.07) is 0.223. The topological polar surface area (TPSA) is 68.0 Å². The Bertz CT molecular complexity index is 724. The minimum Gasteiger partial charge on any atom is -0.378 e. The Morgan fingerprint density at radius 1 is 1.32 bits per heavy atom. The molecule has 1 unspecified atom stereocenters. The van der Waals surface area contributed by atoms with Gasteiger partial charge in [0.25, 0.3) is 5.56 Å². The molecule has 2 aromatic heterocycles. The molecule has 22 heavy (non-hydrogen) atoms. The Balaban J connectivity index is 1.73. The van der Waals surface area contributed by atoms with Crippen LogP contribution in [0.3, 0.4) is 0 Å². The number of nitrogens with one attached hydrogen (secondary N) is 1. The third-order valence-corrected chi connectivity index (χ3v) is 4.28. The predicted molar refractivity (Wildman–Crippen MR) is 86.6 cm³/mol. The molecule has 0 bridgehead atoms. The molecule has 0 amide bonds. The molecule has 3 heterocycles. The standard InChI is InChI=1S/C14H19ClN6O/c1-19-9-11(6-16-19)21-5-3-4-10(8-21)18-12-7-17-20(2)14(22)13(12)15/h6-7,9-10,18H,3-5,8H2,1-2H3. The van der Waals surface area contributed by atoms with E-state index in [0.29, 0.717) is 5.69 Å². The maximum Gasteiger partial charge on any atom is 0.287 e. The molecule has 2 aromatic rings. The number of hydrogen-bond acceptors (Lipinski definition) is 5. The van der Waals surface area contributed by atoms with Crippen molar-refractivity contribution in [3.05, 3.63) is 34.0 Å². The van der Waals surface area contributed by atoms with Crippen molar-refractivity contribution in [3.63, 3.8) is 0 Å². The van der Waals surface area contributed by atoms with Crippen LogP contribution in [-0.2, 0) is 14.1 Å². The van der Waals surface area contributed by atoms with Crippen LogP contribution in [0.5, 0.6) is 0 Å². The van der Waals surface area contributed by atoms with Crippen molar-refractivity contribution in [2.75, 3.05) is 23.3 Å². The van der Waals surface area contributed by atoms with E-state index >= 15 is 0 Å². The molecule has 0 aliphatic carbocycles. The first-order valence-corrected chi connectivity index (χ1v) is 7.64. The fraction of sp³-hybridized carbons (Fsp3) is 0.500. The molecule has 0 saturated carbocycles. The van der Waals surface area contributed by atoms with Crippen LogP contribution in [0.2, 0.25) is 5.02 Å². The lowest BCUT2D eigenvalue weighted by atomic mass is 10.1. The van der Waals surface area contributed by atoms with E-state index < -0.39 is 0 Å². The molecule has 1 N–H and O–H groups in total. The molecule has 1 fully saturated rings. The van der Waals surface area contributed by atoms with Gasteiger partial charge >= 0.3 is 0 Å². The highest BCUT2D eigenvalue weighted by Gasteiger charge is 2.22. The van der Waals surface area contributed by atoms with E-state index in [0.717, 1.165) is 31.6 Å². The molecule has 7 nitrogen and oxygen atoms in total. The number of piperidine rings is 1. The minimum absolute atomic E-state index is 0.191. The molecule has 0 aromatic carbocycles. The second kappa shape index (κ2) is 6.00. The number of nitrogens with zero attached hydrogens (tertiary/aromatic N) is 5. The molecule has 0 spiro atoms. The first-order chi connectivity index (χ1) is 10.5. The van der Waals surface area contributed by atoms with Crippen LogP contribution in [0.25, 0.3) is 0 Å². The predicted octanol–water partition coefficient (Wildman–Crippen LogP) is 1.25. The Morgan fingerprint density at radius 3 is 2.86 bits per heavy atom. The van der Waals surface area contributed by atoms with Gasteiger partial charge < -0.3 is 10.2 Å². The van der Waals surface area contributed by atoms with Crippen molar-refractivity contribution < 1.29 is 0 Å². The summed E-state index contributed by atoms with van der Waals surface area (Å²) in [5, 5.41) is 11.8. The van der Waals surface area contributed by atoms with E-state index in [9.17, 15) is 4.79 Å². The summed E-state index contributed by atoms with van der Waals surface area (Å²) >= 11 is 6.11. The van der Waals surface area contributed by atoms with Crippen molar-refractivity contribution in [1.82, 2.24) is 19.6 Å². The van der Waals surface area contributed by atoms with Crippen molar-refractivity contribution in [2.24, 2.45) is 14.1 Å². The second-order valence-corrected chi connectivity index (χ2v) is 5.98. The third-order valence-electron chi connectivity index (χ3n) is 3.92. The van der Waals surface area contributed by atoms with Crippen LogP contribution in [0.1, 0.15) is 12.8 Å². The molecular formula is C14H19ClN6O. The summed E-state index contributed by atoms with van der Waals surface area (Å²) in [5.41, 5.74) is 1.43. The molecule has 1 atom stereocenters. The summed E-state index contributed by atoms with van der Waals surface area (Å²) in [6.07, 6.45) is 7.59. The molecular weight excluding hydrogens is 304 g/mol. The monoisotopic (exact) mass is 322 g/mol. The van der Waals surface area contributed by atoms with Crippen molar-refractivity contribution in [1.29, 1.82) is 0 Å². The molecule has 1 aliphatic heterocycles. The lowest BCUT2D eigenvalue weighted by Gasteiger charge is -2.34. The van der Waals surface area contributed by atoms with Gasteiger partial charge in [0.2, 0.25) is 0 Å². The Kier molecular flexibility index (Phi) is 4.06. The van der Waals surface area contributed by atoms with Gasteiger partial charge in [-0.3, -0.25) is 9.48 Å². The molecule has 118 valence electrons. The molecule has 1 saturated heterocycles. The number of halogens is 1. The van der Waals surface area contributed by atoms with Crippen LogP contribution in [-0.4, -0.2) is 38.7 Å². The highest BCUT2D eigenvalue weighted by Crippen LogP contribution is 2.23. The van der Waals surface area contributed by atoms with Crippen LogP contribution in [0.4, 0.5) is 11.4 Å².